The van der Waals surface area contributed by atoms with Gasteiger partial charge >= 0.3 is 0 Å². The molecule has 1 aliphatic heterocycles. The lowest BCUT2D eigenvalue weighted by Crippen LogP contribution is -2.25. The van der Waals surface area contributed by atoms with Gasteiger partial charge in [0, 0.05) is 36.5 Å². The minimum absolute atomic E-state index is 0.0397. The first kappa shape index (κ1) is 19.8. The Balaban J connectivity index is 1.51. The zero-order valence-corrected chi connectivity index (χ0v) is 17.1. The zero-order chi connectivity index (χ0) is 20.2. The van der Waals surface area contributed by atoms with Crippen molar-refractivity contribution in [3.63, 3.8) is 0 Å². The van der Waals surface area contributed by atoms with Crippen molar-refractivity contribution in [2.45, 2.75) is 19.1 Å². The van der Waals surface area contributed by atoms with Crippen LogP contribution in [0.15, 0.2) is 60.8 Å². The van der Waals surface area contributed by atoms with E-state index < -0.39 is 0 Å². The van der Waals surface area contributed by atoms with Crippen molar-refractivity contribution in [3.05, 3.63) is 76.4 Å². The van der Waals surface area contributed by atoms with E-state index in [1.165, 1.54) is 0 Å². The van der Waals surface area contributed by atoms with Crippen molar-refractivity contribution in [1.82, 2.24) is 4.98 Å². The van der Waals surface area contributed by atoms with E-state index in [1.54, 1.807) is 24.4 Å². The molecule has 5 nitrogen and oxygen atoms in total. The van der Waals surface area contributed by atoms with Crippen LogP contribution < -0.4 is 14.4 Å². The van der Waals surface area contributed by atoms with Gasteiger partial charge in [-0.25, -0.2) is 4.98 Å². The summed E-state index contributed by atoms with van der Waals surface area (Å²) < 4.78 is 11.9. The zero-order valence-electron chi connectivity index (χ0n) is 15.6. The molecule has 1 aliphatic rings. The lowest BCUT2D eigenvalue weighted by Gasteiger charge is -2.22. The third-order valence-electron chi connectivity index (χ3n) is 4.78. The van der Waals surface area contributed by atoms with Crippen LogP contribution in [-0.2, 0) is 6.61 Å². The first-order valence-electron chi connectivity index (χ1n) is 9.32. The molecule has 0 aliphatic carbocycles. The molecule has 7 heteroatoms. The predicted molar refractivity (Wildman–Crippen MR) is 114 cm³/mol. The number of nitrogens with zero attached hydrogens (tertiary/aromatic N) is 2. The van der Waals surface area contributed by atoms with Crippen LogP contribution in [0, 0.1) is 0 Å². The minimum atomic E-state index is -0.0597. The molecule has 1 saturated heterocycles. The van der Waals surface area contributed by atoms with Crippen LogP contribution in [0.1, 0.15) is 12.0 Å². The fraction of sp³-hybridized carbons (Fsp3) is 0.227. The second kappa shape index (κ2) is 8.91. The molecule has 0 saturated carbocycles. The number of benzene rings is 2. The molecule has 29 heavy (non-hydrogen) atoms. The number of aliphatic hydroxyl groups excluding tert-OH is 1. The van der Waals surface area contributed by atoms with Crippen LogP contribution in [-0.4, -0.2) is 29.3 Å². The van der Waals surface area contributed by atoms with E-state index in [2.05, 4.69) is 9.88 Å². The standard InChI is InChI=1S/C22H20Cl2N2O3/c23-18-4-1-2-6-21(18)28-16-8-7-15(14-27)20(12-16)26-11-9-17(13-26)29-22-19(24)5-3-10-25-22/h1-8,10,12,17,27H,9,11,13-14H2/t17-/m0/s1. The maximum atomic E-state index is 9.79. The molecule has 0 spiro atoms. The fourth-order valence-electron chi connectivity index (χ4n) is 3.35. The number of pyridine rings is 1. The molecule has 2 heterocycles. The fourth-order valence-corrected chi connectivity index (χ4v) is 3.69. The lowest BCUT2D eigenvalue weighted by atomic mass is 10.1. The molecule has 1 N–H and O–H groups in total. The molecule has 2 aromatic carbocycles. The molecular formula is C22H20Cl2N2O3. The van der Waals surface area contributed by atoms with Crippen molar-refractivity contribution in [2.24, 2.45) is 0 Å². The van der Waals surface area contributed by atoms with Gasteiger partial charge in [-0.1, -0.05) is 41.4 Å². The van der Waals surface area contributed by atoms with Gasteiger partial charge in [-0.3, -0.25) is 0 Å². The summed E-state index contributed by atoms with van der Waals surface area (Å²) in [5.74, 6) is 1.69. The van der Waals surface area contributed by atoms with Crippen molar-refractivity contribution in [2.75, 3.05) is 18.0 Å². The van der Waals surface area contributed by atoms with Crippen LogP contribution in [0.5, 0.6) is 17.4 Å². The average Bonchev–Trinajstić information content (AvgIpc) is 3.20. The first-order valence-corrected chi connectivity index (χ1v) is 10.1. The molecule has 150 valence electrons. The topological polar surface area (TPSA) is 54.8 Å². The number of hydrogen-bond acceptors (Lipinski definition) is 5. The monoisotopic (exact) mass is 430 g/mol. The van der Waals surface area contributed by atoms with Crippen molar-refractivity contribution >= 4 is 28.9 Å². The Morgan fingerprint density at radius 1 is 1.07 bits per heavy atom. The largest absolute Gasteiger partial charge is 0.471 e. The summed E-state index contributed by atoms with van der Waals surface area (Å²) in [5, 5.41) is 10.8. The van der Waals surface area contributed by atoms with Gasteiger partial charge in [0.1, 0.15) is 22.6 Å². The normalized spacial score (nSPS) is 16.1. The highest BCUT2D eigenvalue weighted by molar-refractivity contribution is 6.32. The highest BCUT2D eigenvalue weighted by Crippen LogP contribution is 2.34. The van der Waals surface area contributed by atoms with E-state index in [0.717, 1.165) is 24.2 Å². The molecular weight excluding hydrogens is 411 g/mol. The van der Waals surface area contributed by atoms with E-state index in [1.807, 2.05) is 36.4 Å². The summed E-state index contributed by atoms with van der Waals surface area (Å²) in [6.07, 6.45) is 2.45. The van der Waals surface area contributed by atoms with Crippen molar-refractivity contribution in [1.29, 1.82) is 0 Å². The summed E-state index contributed by atoms with van der Waals surface area (Å²) in [6.45, 7) is 1.39. The van der Waals surface area contributed by atoms with Crippen LogP contribution >= 0.6 is 23.2 Å². The Bertz CT molecular complexity index is 999. The van der Waals surface area contributed by atoms with Gasteiger partial charge in [0.05, 0.1) is 18.2 Å². The minimum Gasteiger partial charge on any atom is -0.471 e. The molecule has 1 fully saturated rings. The molecule has 1 aromatic heterocycles. The Morgan fingerprint density at radius 3 is 2.69 bits per heavy atom. The van der Waals surface area contributed by atoms with Crippen molar-refractivity contribution < 1.29 is 14.6 Å². The Morgan fingerprint density at radius 2 is 1.90 bits per heavy atom. The second-order valence-corrected chi connectivity index (χ2v) is 7.56. The quantitative estimate of drug-likeness (QED) is 0.572. The molecule has 3 aromatic rings. The van der Waals surface area contributed by atoms with Gasteiger partial charge < -0.3 is 19.5 Å². The van der Waals surface area contributed by atoms with E-state index >= 15 is 0 Å². The molecule has 4 rings (SSSR count). The predicted octanol–water partition coefficient (Wildman–Crippen LogP) is 5.33. The van der Waals surface area contributed by atoms with E-state index in [4.69, 9.17) is 32.7 Å². The molecule has 1 atom stereocenters. The summed E-state index contributed by atoms with van der Waals surface area (Å²) in [4.78, 5) is 6.37. The van der Waals surface area contributed by atoms with Crippen molar-refractivity contribution in [3.8, 4) is 17.4 Å². The summed E-state index contributed by atoms with van der Waals surface area (Å²) >= 11 is 12.4. The first-order chi connectivity index (χ1) is 14.1. The summed E-state index contributed by atoms with van der Waals surface area (Å²) in [7, 11) is 0. The number of aromatic nitrogens is 1. The number of aliphatic hydroxyl groups is 1. The van der Waals surface area contributed by atoms with Gasteiger partial charge in [-0.2, -0.15) is 0 Å². The molecule has 0 amide bonds. The number of halogens is 2. The van der Waals surface area contributed by atoms with Gasteiger partial charge in [0.2, 0.25) is 5.88 Å². The van der Waals surface area contributed by atoms with Gasteiger partial charge in [-0.05, 0) is 30.3 Å². The molecule has 0 bridgehead atoms. The smallest absolute Gasteiger partial charge is 0.232 e. The van der Waals surface area contributed by atoms with Gasteiger partial charge in [0.15, 0.2) is 0 Å². The van der Waals surface area contributed by atoms with Crippen LogP contribution in [0.25, 0.3) is 0 Å². The Labute approximate surface area is 179 Å². The van der Waals surface area contributed by atoms with E-state index in [-0.39, 0.29) is 12.7 Å². The third-order valence-corrected chi connectivity index (χ3v) is 5.38. The summed E-state index contributed by atoms with van der Waals surface area (Å²) in [5.41, 5.74) is 1.74. The number of para-hydroxylation sites is 1. The number of ether oxygens (including phenoxy) is 2. The highest BCUT2D eigenvalue weighted by atomic mass is 35.5. The Hall–Kier alpha value is -2.47. The number of rotatable bonds is 6. The average molecular weight is 431 g/mol. The maximum absolute atomic E-state index is 9.79. The number of anilines is 1. The Kier molecular flexibility index (Phi) is 6.09. The number of hydrogen-bond donors (Lipinski definition) is 1. The molecule has 0 unspecified atom stereocenters. The second-order valence-electron chi connectivity index (χ2n) is 6.75. The van der Waals surface area contributed by atoms with Crippen LogP contribution in [0.4, 0.5) is 5.69 Å². The molecule has 0 radical (unpaired) electrons. The van der Waals surface area contributed by atoms with E-state index in [0.29, 0.717) is 34.0 Å². The highest BCUT2D eigenvalue weighted by Gasteiger charge is 2.27. The maximum Gasteiger partial charge on any atom is 0.232 e. The van der Waals surface area contributed by atoms with E-state index in [9.17, 15) is 5.11 Å². The third kappa shape index (κ3) is 4.58. The van der Waals surface area contributed by atoms with Crippen LogP contribution in [0.3, 0.4) is 0 Å². The van der Waals surface area contributed by atoms with Gasteiger partial charge in [-0.15, -0.1) is 0 Å². The summed E-state index contributed by atoms with van der Waals surface area (Å²) in [6, 6.07) is 16.5. The van der Waals surface area contributed by atoms with Crippen LogP contribution in [0.2, 0.25) is 10.0 Å². The lowest BCUT2D eigenvalue weighted by molar-refractivity contribution is 0.216. The SMILES string of the molecule is OCc1ccc(Oc2ccccc2Cl)cc1N1CC[C@H](Oc2ncccc2Cl)C1. The van der Waals surface area contributed by atoms with Gasteiger partial charge in [0.25, 0.3) is 0 Å².